The van der Waals surface area contributed by atoms with Gasteiger partial charge in [0.15, 0.2) is 5.82 Å². The van der Waals surface area contributed by atoms with Crippen LogP contribution in [0.1, 0.15) is 19.8 Å². The summed E-state index contributed by atoms with van der Waals surface area (Å²) in [6.45, 7) is 3.84. The number of rotatable bonds is 5. The van der Waals surface area contributed by atoms with Gasteiger partial charge in [-0.25, -0.2) is 18.9 Å². The second-order valence-electron chi connectivity index (χ2n) is 7.36. The average molecular weight is 413 g/mol. The van der Waals surface area contributed by atoms with Gasteiger partial charge in [-0.3, -0.25) is 4.79 Å². The number of nitrogens with one attached hydrogen (secondary N) is 1. The van der Waals surface area contributed by atoms with Crippen molar-refractivity contribution in [1.29, 1.82) is 0 Å². The van der Waals surface area contributed by atoms with Crippen LogP contribution in [0.3, 0.4) is 0 Å². The Morgan fingerprint density at radius 2 is 2.24 bits per heavy atom. The standard InChI is InChI=1S/C20H24N6O2S/c1-14-5-4-9-24(12-14)18-19-23-26(20(28)25(19)10-8-21-18)13-17(27)22-15-6-3-7-16(11-15)29-2/h3,6-8,10-11,14H,4-5,9,12-13H2,1-2H3,(H,22,27)/t14-/m0/s1. The van der Waals surface area contributed by atoms with E-state index >= 15 is 0 Å². The summed E-state index contributed by atoms with van der Waals surface area (Å²) in [6, 6.07) is 7.58. The van der Waals surface area contributed by atoms with Crippen molar-refractivity contribution in [3.63, 3.8) is 0 Å². The highest BCUT2D eigenvalue weighted by atomic mass is 32.2. The van der Waals surface area contributed by atoms with Gasteiger partial charge < -0.3 is 10.2 Å². The molecular weight excluding hydrogens is 388 g/mol. The Morgan fingerprint density at radius 1 is 1.38 bits per heavy atom. The number of nitrogens with zero attached hydrogens (tertiary/aromatic N) is 5. The maximum atomic E-state index is 12.7. The Hall–Kier alpha value is -2.81. The first-order chi connectivity index (χ1) is 14.0. The van der Waals surface area contributed by atoms with Crippen LogP contribution in [0.5, 0.6) is 0 Å². The number of carbonyl (C=O) groups excluding carboxylic acids is 1. The van der Waals surface area contributed by atoms with Crippen molar-refractivity contribution >= 4 is 34.8 Å². The number of fused-ring (bicyclic) bond motifs is 1. The maximum absolute atomic E-state index is 12.7. The highest BCUT2D eigenvalue weighted by Gasteiger charge is 2.22. The Balaban J connectivity index is 1.58. The largest absolute Gasteiger partial charge is 0.353 e. The van der Waals surface area contributed by atoms with Gasteiger partial charge in [0.1, 0.15) is 6.54 Å². The summed E-state index contributed by atoms with van der Waals surface area (Å²) in [5.74, 6) is 0.972. The molecule has 1 amide bonds. The van der Waals surface area contributed by atoms with Gasteiger partial charge in [-0.1, -0.05) is 13.0 Å². The third-order valence-corrected chi connectivity index (χ3v) is 5.81. The summed E-state index contributed by atoms with van der Waals surface area (Å²) in [7, 11) is 0. The molecule has 1 aliphatic heterocycles. The lowest BCUT2D eigenvalue weighted by Crippen LogP contribution is -2.35. The summed E-state index contributed by atoms with van der Waals surface area (Å²) >= 11 is 1.60. The molecule has 2 aromatic heterocycles. The molecule has 8 nitrogen and oxygen atoms in total. The van der Waals surface area contributed by atoms with Crippen LogP contribution in [0.25, 0.3) is 5.65 Å². The van der Waals surface area contributed by atoms with Crippen LogP contribution in [-0.2, 0) is 11.3 Å². The van der Waals surface area contributed by atoms with Gasteiger partial charge in [-0.05, 0) is 43.2 Å². The summed E-state index contributed by atoms with van der Waals surface area (Å²) in [5, 5.41) is 7.26. The van der Waals surface area contributed by atoms with E-state index in [0.717, 1.165) is 24.4 Å². The predicted molar refractivity (Wildman–Crippen MR) is 115 cm³/mol. The van der Waals surface area contributed by atoms with Crippen molar-refractivity contribution in [2.24, 2.45) is 5.92 Å². The van der Waals surface area contributed by atoms with Crippen molar-refractivity contribution in [2.45, 2.75) is 31.2 Å². The molecule has 0 unspecified atom stereocenters. The number of piperidine rings is 1. The fourth-order valence-corrected chi connectivity index (χ4v) is 4.14. The van der Waals surface area contributed by atoms with Crippen LogP contribution in [0.2, 0.25) is 0 Å². The molecule has 0 spiro atoms. The van der Waals surface area contributed by atoms with Crippen LogP contribution >= 0.6 is 11.8 Å². The molecule has 1 saturated heterocycles. The molecule has 29 heavy (non-hydrogen) atoms. The summed E-state index contributed by atoms with van der Waals surface area (Å²) < 4.78 is 2.66. The van der Waals surface area contributed by atoms with Crippen molar-refractivity contribution in [3.05, 3.63) is 47.1 Å². The van der Waals surface area contributed by atoms with E-state index in [4.69, 9.17) is 0 Å². The minimum Gasteiger partial charge on any atom is -0.353 e. The molecular formula is C20H24N6O2S. The molecule has 0 bridgehead atoms. The second-order valence-corrected chi connectivity index (χ2v) is 8.24. The van der Waals surface area contributed by atoms with Crippen LogP contribution in [0, 0.1) is 5.92 Å². The fraction of sp³-hybridized carbons (Fsp3) is 0.400. The molecule has 0 saturated carbocycles. The van der Waals surface area contributed by atoms with E-state index in [-0.39, 0.29) is 18.1 Å². The van der Waals surface area contributed by atoms with E-state index < -0.39 is 0 Å². The molecule has 1 aliphatic rings. The average Bonchev–Trinajstić information content (AvgIpc) is 3.03. The zero-order valence-electron chi connectivity index (χ0n) is 16.5. The Bertz CT molecular complexity index is 1090. The molecule has 1 N–H and O–H groups in total. The molecule has 3 heterocycles. The third-order valence-electron chi connectivity index (χ3n) is 5.09. The van der Waals surface area contributed by atoms with E-state index in [1.165, 1.54) is 15.5 Å². The van der Waals surface area contributed by atoms with Crippen LogP contribution in [-0.4, -0.2) is 44.4 Å². The number of hydrogen-bond acceptors (Lipinski definition) is 6. The summed E-state index contributed by atoms with van der Waals surface area (Å²) in [6.07, 6.45) is 7.47. The maximum Gasteiger partial charge on any atom is 0.350 e. The lowest BCUT2D eigenvalue weighted by molar-refractivity contribution is -0.117. The van der Waals surface area contributed by atoms with E-state index in [1.807, 2.05) is 30.5 Å². The quantitative estimate of drug-likeness (QED) is 0.648. The van der Waals surface area contributed by atoms with Gasteiger partial charge in [-0.15, -0.1) is 16.9 Å². The molecule has 0 aliphatic carbocycles. The summed E-state index contributed by atoms with van der Waals surface area (Å²) in [4.78, 5) is 32.9. The molecule has 9 heteroatoms. The minimum absolute atomic E-state index is 0.153. The van der Waals surface area contributed by atoms with Crippen LogP contribution in [0.15, 0.2) is 46.3 Å². The van der Waals surface area contributed by atoms with Gasteiger partial charge in [0.25, 0.3) is 0 Å². The molecule has 0 radical (unpaired) electrons. The molecule has 4 rings (SSSR count). The summed E-state index contributed by atoms with van der Waals surface area (Å²) in [5.41, 5.74) is 0.842. The van der Waals surface area contributed by atoms with Gasteiger partial charge in [0, 0.05) is 36.1 Å². The zero-order chi connectivity index (χ0) is 20.4. The zero-order valence-corrected chi connectivity index (χ0v) is 17.4. The van der Waals surface area contributed by atoms with Crippen LogP contribution in [0.4, 0.5) is 11.5 Å². The van der Waals surface area contributed by atoms with E-state index in [0.29, 0.717) is 23.1 Å². The SMILES string of the molecule is CSc1cccc(NC(=O)Cn2nc3c(N4CCC[C@H](C)C4)nccn3c2=O)c1. The van der Waals surface area contributed by atoms with Crippen molar-refractivity contribution in [1.82, 2.24) is 19.2 Å². The third kappa shape index (κ3) is 4.14. The number of thioether (sulfide) groups is 1. The smallest absolute Gasteiger partial charge is 0.350 e. The van der Waals surface area contributed by atoms with Gasteiger partial charge >= 0.3 is 5.69 Å². The Labute approximate surface area is 172 Å². The van der Waals surface area contributed by atoms with Gasteiger partial charge in [0.2, 0.25) is 11.6 Å². The monoisotopic (exact) mass is 412 g/mol. The fourth-order valence-electron chi connectivity index (χ4n) is 3.68. The number of amides is 1. The molecule has 1 atom stereocenters. The molecule has 3 aromatic rings. The molecule has 152 valence electrons. The number of anilines is 2. The van der Waals surface area contributed by atoms with E-state index in [2.05, 4.69) is 27.2 Å². The Kier molecular flexibility index (Phi) is 5.57. The van der Waals surface area contributed by atoms with Crippen LogP contribution < -0.4 is 15.9 Å². The Morgan fingerprint density at radius 3 is 3.03 bits per heavy atom. The van der Waals surface area contributed by atoms with Gasteiger partial charge in [-0.2, -0.15) is 0 Å². The first kappa shape index (κ1) is 19.5. The van der Waals surface area contributed by atoms with Crippen molar-refractivity contribution in [3.8, 4) is 0 Å². The number of aromatic nitrogens is 4. The normalized spacial score (nSPS) is 16.9. The van der Waals surface area contributed by atoms with Gasteiger partial charge in [0.05, 0.1) is 0 Å². The number of benzene rings is 1. The highest BCUT2D eigenvalue weighted by molar-refractivity contribution is 7.98. The second kappa shape index (κ2) is 8.28. The first-order valence-corrected chi connectivity index (χ1v) is 10.9. The lowest BCUT2D eigenvalue weighted by Gasteiger charge is -2.31. The van der Waals surface area contributed by atoms with Crippen molar-refractivity contribution in [2.75, 3.05) is 29.6 Å². The topological polar surface area (TPSA) is 84.5 Å². The first-order valence-electron chi connectivity index (χ1n) is 9.68. The van der Waals surface area contributed by atoms with Crippen molar-refractivity contribution < 1.29 is 4.79 Å². The lowest BCUT2D eigenvalue weighted by atomic mass is 10.0. The highest BCUT2D eigenvalue weighted by Crippen LogP contribution is 2.23. The van der Waals surface area contributed by atoms with E-state index in [9.17, 15) is 9.59 Å². The predicted octanol–water partition coefficient (Wildman–Crippen LogP) is 2.49. The molecule has 1 aromatic carbocycles. The number of hydrogen-bond donors (Lipinski definition) is 1. The minimum atomic E-state index is -0.346. The van der Waals surface area contributed by atoms with E-state index in [1.54, 1.807) is 24.2 Å². The molecule has 1 fully saturated rings. The number of carbonyl (C=O) groups is 1.